The van der Waals surface area contributed by atoms with E-state index in [0.717, 1.165) is 16.4 Å². The van der Waals surface area contributed by atoms with Gasteiger partial charge >= 0.3 is 5.97 Å². The van der Waals surface area contributed by atoms with Crippen LogP contribution in [0.4, 0.5) is 4.39 Å². The van der Waals surface area contributed by atoms with Gasteiger partial charge < -0.3 is 5.11 Å². The normalized spacial score (nSPS) is 12.2. The first kappa shape index (κ1) is 16.9. The SMILES string of the molecule is CCN(C(C)C)S(=O)(=O)c1cc(Cl)cc(C(=O)O)c1F. The van der Waals surface area contributed by atoms with Crippen LogP contribution < -0.4 is 0 Å². The van der Waals surface area contributed by atoms with Crippen LogP contribution in [-0.4, -0.2) is 36.4 Å². The van der Waals surface area contributed by atoms with Gasteiger partial charge in [-0.3, -0.25) is 0 Å². The summed E-state index contributed by atoms with van der Waals surface area (Å²) in [5, 5.41) is 8.73. The summed E-state index contributed by atoms with van der Waals surface area (Å²) >= 11 is 5.69. The molecule has 0 aliphatic carbocycles. The molecule has 0 aliphatic rings. The van der Waals surface area contributed by atoms with Crippen LogP contribution in [0, 0.1) is 5.82 Å². The smallest absolute Gasteiger partial charge is 0.338 e. The van der Waals surface area contributed by atoms with Gasteiger partial charge in [0.15, 0.2) is 5.82 Å². The molecule has 0 saturated carbocycles. The van der Waals surface area contributed by atoms with E-state index in [9.17, 15) is 17.6 Å². The number of rotatable bonds is 5. The number of carbonyl (C=O) groups is 1. The van der Waals surface area contributed by atoms with Gasteiger partial charge in [0, 0.05) is 17.6 Å². The molecule has 5 nitrogen and oxygen atoms in total. The van der Waals surface area contributed by atoms with Crippen LogP contribution in [0.15, 0.2) is 17.0 Å². The summed E-state index contributed by atoms with van der Waals surface area (Å²) in [6.45, 7) is 5.02. The standard InChI is InChI=1S/C12H15ClFNO4S/c1-4-15(7(2)3)20(18,19)10-6-8(13)5-9(11(10)14)12(16)17/h5-7H,4H2,1-3H3,(H,16,17). The predicted octanol–water partition coefficient (Wildman–Crippen LogP) is 2.60. The Kier molecular flexibility index (Phi) is 5.12. The van der Waals surface area contributed by atoms with Gasteiger partial charge in [0.2, 0.25) is 10.0 Å². The van der Waals surface area contributed by atoms with E-state index < -0.39 is 38.3 Å². The second-order valence-electron chi connectivity index (χ2n) is 4.37. The summed E-state index contributed by atoms with van der Waals surface area (Å²) in [6.07, 6.45) is 0. The number of benzene rings is 1. The highest BCUT2D eigenvalue weighted by Crippen LogP contribution is 2.27. The van der Waals surface area contributed by atoms with E-state index in [0.29, 0.717) is 0 Å². The highest BCUT2D eigenvalue weighted by atomic mass is 35.5. The quantitative estimate of drug-likeness (QED) is 0.903. The molecule has 0 radical (unpaired) electrons. The predicted molar refractivity (Wildman–Crippen MR) is 73.1 cm³/mol. The lowest BCUT2D eigenvalue weighted by Gasteiger charge is -2.24. The molecule has 0 atom stereocenters. The van der Waals surface area contributed by atoms with Crippen molar-refractivity contribution in [2.45, 2.75) is 31.7 Å². The van der Waals surface area contributed by atoms with E-state index in [2.05, 4.69) is 0 Å². The van der Waals surface area contributed by atoms with Gasteiger partial charge in [-0.1, -0.05) is 18.5 Å². The van der Waals surface area contributed by atoms with Crippen LogP contribution in [0.5, 0.6) is 0 Å². The fourth-order valence-corrected chi connectivity index (χ4v) is 3.89. The lowest BCUT2D eigenvalue weighted by Crippen LogP contribution is -2.37. The van der Waals surface area contributed by atoms with E-state index in [1.165, 1.54) is 0 Å². The number of hydrogen-bond donors (Lipinski definition) is 1. The van der Waals surface area contributed by atoms with Gasteiger partial charge in [0.05, 0.1) is 5.56 Å². The van der Waals surface area contributed by atoms with E-state index in [-0.39, 0.29) is 11.6 Å². The first-order valence-electron chi connectivity index (χ1n) is 5.87. The van der Waals surface area contributed by atoms with Gasteiger partial charge in [0.25, 0.3) is 0 Å². The third kappa shape index (κ3) is 3.11. The summed E-state index contributed by atoms with van der Waals surface area (Å²) in [4.78, 5) is 10.2. The molecule has 0 spiro atoms. The summed E-state index contributed by atoms with van der Waals surface area (Å²) < 4.78 is 40.0. The molecule has 1 aromatic rings. The number of carboxylic acids is 1. The molecule has 0 fully saturated rings. The molecular weight excluding hydrogens is 309 g/mol. The maximum absolute atomic E-state index is 14.1. The number of halogens is 2. The zero-order valence-corrected chi connectivity index (χ0v) is 12.8. The molecule has 1 aromatic carbocycles. The molecule has 112 valence electrons. The van der Waals surface area contributed by atoms with Gasteiger partial charge in [0.1, 0.15) is 4.90 Å². The van der Waals surface area contributed by atoms with Crippen molar-refractivity contribution in [1.82, 2.24) is 4.31 Å². The lowest BCUT2D eigenvalue weighted by atomic mass is 10.2. The molecule has 0 unspecified atom stereocenters. The second kappa shape index (κ2) is 6.07. The summed E-state index contributed by atoms with van der Waals surface area (Å²) in [5.74, 6) is -2.88. The summed E-state index contributed by atoms with van der Waals surface area (Å²) in [5.41, 5.74) is -0.768. The Hall–Kier alpha value is -1.18. The molecular formula is C12H15ClFNO4S. The van der Waals surface area contributed by atoms with Crippen molar-refractivity contribution in [3.8, 4) is 0 Å². The molecule has 8 heteroatoms. The number of sulfonamides is 1. The molecule has 0 aromatic heterocycles. The monoisotopic (exact) mass is 323 g/mol. The van der Waals surface area contributed by atoms with Crippen molar-refractivity contribution in [2.75, 3.05) is 6.54 Å². The number of hydrogen-bond acceptors (Lipinski definition) is 3. The average molecular weight is 324 g/mol. The third-order valence-electron chi connectivity index (χ3n) is 2.71. The van der Waals surface area contributed by atoms with Crippen molar-refractivity contribution in [2.24, 2.45) is 0 Å². The first-order valence-corrected chi connectivity index (χ1v) is 7.68. The second-order valence-corrected chi connectivity index (χ2v) is 6.67. The zero-order chi connectivity index (χ0) is 15.7. The van der Waals surface area contributed by atoms with Crippen molar-refractivity contribution in [1.29, 1.82) is 0 Å². The summed E-state index contributed by atoms with van der Waals surface area (Å²) in [6, 6.07) is 1.41. The fraction of sp³-hybridized carbons (Fsp3) is 0.417. The minimum absolute atomic E-state index is 0.133. The largest absolute Gasteiger partial charge is 0.478 e. The van der Waals surface area contributed by atoms with E-state index in [1.807, 2.05) is 0 Å². The van der Waals surface area contributed by atoms with E-state index in [4.69, 9.17) is 16.7 Å². The number of nitrogens with zero attached hydrogens (tertiary/aromatic N) is 1. The fourth-order valence-electron chi connectivity index (χ4n) is 1.85. The van der Waals surface area contributed by atoms with Gasteiger partial charge in [-0.25, -0.2) is 17.6 Å². The Morgan fingerprint density at radius 1 is 1.45 bits per heavy atom. The van der Waals surface area contributed by atoms with Crippen molar-refractivity contribution >= 4 is 27.6 Å². The Morgan fingerprint density at radius 3 is 2.40 bits per heavy atom. The van der Waals surface area contributed by atoms with Crippen molar-refractivity contribution in [3.05, 3.63) is 28.5 Å². The third-order valence-corrected chi connectivity index (χ3v) is 5.08. The molecule has 0 saturated heterocycles. The molecule has 1 N–H and O–H groups in total. The molecule has 1 rings (SSSR count). The zero-order valence-electron chi connectivity index (χ0n) is 11.2. The minimum atomic E-state index is -4.15. The molecule has 0 bridgehead atoms. The van der Waals surface area contributed by atoms with Crippen molar-refractivity contribution in [3.63, 3.8) is 0 Å². The lowest BCUT2D eigenvalue weighted by molar-refractivity contribution is 0.0691. The van der Waals surface area contributed by atoms with Crippen LogP contribution in [0.1, 0.15) is 31.1 Å². The highest BCUT2D eigenvalue weighted by Gasteiger charge is 2.31. The number of aromatic carboxylic acids is 1. The topological polar surface area (TPSA) is 74.7 Å². The van der Waals surface area contributed by atoms with E-state index >= 15 is 0 Å². The van der Waals surface area contributed by atoms with Crippen LogP contribution in [0.25, 0.3) is 0 Å². The first-order chi connectivity index (χ1) is 9.12. The van der Waals surface area contributed by atoms with Crippen molar-refractivity contribution < 1.29 is 22.7 Å². The van der Waals surface area contributed by atoms with Gasteiger partial charge in [-0.15, -0.1) is 0 Å². The number of carboxylic acid groups (broad SMARTS) is 1. The maximum atomic E-state index is 14.1. The Morgan fingerprint density at radius 2 is 2.00 bits per heavy atom. The molecule has 20 heavy (non-hydrogen) atoms. The van der Waals surface area contributed by atoms with Crippen LogP contribution in [0.3, 0.4) is 0 Å². The van der Waals surface area contributed by atoms with E-state index in [1.54, 1.807) is 20.8 Å². The molecule has 0 heterocycles. The minimum Gasteiger partial charge on any atom is -0.478 e. The van der Waals surface area contributed by atoms with Gasteiger partial charge in [-0.05, 0) is 26.0 Å². The van der Waals surface area contributed by atoms with Crippen LogP contribution in [-0.2, 0) is 10.0 Å². The average Bonchev–Trinajstić information content (AvgIpc) is 2.31. The maximum Gasteiger partial charge on any atom is 0.338 e. The Bertz CT molecular complexity index is 631. The highest BCUT2D eigenvalue weighted by molar-refractivity contribution is 7.89. The molecule has 0 aliphatic heterocycles. The summed E-state index contributed by atoms with van der Waals surface area (Å²) in [7, 11) is -4.15. The molecule has 0 amide bonds. The Labute approximate surface area is 122 Å². The van der Waals surface area contributed by atoms with Gasteiger partial charge in [-0.2, -0.15) is 4.31 Å². The van der Waals surface area contributed by atoms with Crippen LogP contribution in [0.2, 0.25) is 5.02 Å². The van der Waals surface area contributed by atoms with Crippen LogP contribution >= 0.6 is 11.6 Å². The Balaban J connectivity index is 3.58.